The molecule has 0 spiro atoms. The summed E-state index contributed by atoms with van der Waals surface area (Å²) in [5.41, 5.74) is 12.0. The van der Waals surface area contributed by atoms with Crippen LogP contribution in [0.4, 0.5) is 5.82 Å². The molecule has 1 saturated heterocycles. The Morgan fingerprint density at radius 3 is 2.78 bits per heavy atom. The monoisotopic (exact) mass is 418 g/mol. The van der Waals surface area contributed by atoms with Gasteiger partial charge in [-0.3, -0.25) is 9.36 Å². The van der Waals surface area contributed by atoms with Crippen LogP contribution in [0.2, 0.25) is 0 Å². The maximum absolute atomic E-state index is 10.9. The molecule has 13 heteroatoms. The number of fused-ring (bicyclic) bond motifs is 1. The molecule has 1 fully saturated rings. The summed E-state index contributed by atoms with van der Waals surface area (Å²) < 4.78 is 7.20. The second-order valence-electron chi connectivity index (χ2n) is 5.98. The molecule has 27 heavy (non-hydrogen) atoms. The fraction of sp³-hybridized carbons (Fsp3) is 0.571. The van der Waals surface area contributed by atoms with Crippen molar-refractivity contribution in [3.8, 4) is 0 Å². The first-order valence-electron chi connectivity index (χ1n) is 8.02. The van der Waals surface area contributed by atoms with E-state index in [9.17, 15) is 15.0 Å². The van der Waals surface area contributed by atoms with Crippen molar-refractivity contribution in [1.29, 1.82) is 0 Å². The van der Waals surface area contributed by atoms with E-state index in [0.717, 1.165) is 0 Å². The number of nitrogen functional groups attached to an aromatic ring is 1. The average molecular weight is 419 g/mol. The molecule has 2 aromatic rings. The van der Waals surface area contributed by atoms with Gasteiger partial charge in [0, 0.05) is 5.75 Å². The molecule has 11 nitrogen and oxygen atoms in total. The summed E-state index contributed by atoms with van der Waals surface area (Å²) in [5.74, 6) is -0.616. The highest BCUT2D eigenvalue weighted by atomic mass is 35.5. The van der Waals surface area contributed by atoms with Crippen LogP contribution in [0.15, 0.2) is 11.5 Å². The molecule has 3 heterocycles. The van der Waals surface area contributed by atoms with Gasteiger partial charge in [-0.2, -0.15) is 0 Å². The topological polar surface area (TPSA) is 183 Å². The maximum Gasteiger partial charge on any atom is 0.320 e. The third-order valence-electron chi connectivity index (χ3n) is 4.19. The van der Waals surface area contributed by atoms with Crippen LogP contribution in [0.1, 0.15) is 12.6 Å². The highest BCUT2D eigenvalue weighted by Gasteiger charge is 2.44. The number of alkyl halides is 1. The van der Waals surface area contributed by atoms with Crippen molar-refractivity contribution < 1.29 is 24.9 Å². The number of imidazole rings is 1. The average Bonchev–Trinajstić information content (AvgIpc) is 3.14. The Hall–Kier alpha value is -1.70. The van der Waals surface area contributed by atoms with Gasteiger partial charge < -0.3 is 31.5 Å². The van der Waals surface area contributed by atoms with Crippen LogP contribution in [0, 0.1) is 0 Å². The van der Waals surface area contributed by atoms with Crippen molar-refractivity contribution in [2.75, 3.05) is 17.4 Å². The van der Waals surface area contributed by atoms with E-state index in [1.165, 1.54) is 22.7 Å². The first-order chi connectivity index (χ1) is 12.8. The molecule has 0 bridgehead atoms. The minimum Gasteiger partial charge on any atom is -0.480 e. The lowest BCUT2D eigenvalue weighted by Crippen LogP contribution is -2.32. The summed E-state index contributed by atoms with van der Waals surface area (Å²) in [5, 5.41) is 29.8. The van der Waals surface area contributed by atoms with Gasteiger partial charge in [0.05, 0.1) is 5.88 Å². The fourth-order valence-electron chi connectivity index (χ4n) is 2.71. The van der Waals surface area contributed by atoms with Gasteiger partial charge in [-0.15, -0.1) is 11.6 Å². The highest BCUT2D eigenvalue weighted by molar-refractivity contribution is 7.99. The lowest BCUT2D eigenvalue weighted by Gasteiger charge is -2.19. The van der Waals surface area contributed by atoms with Crippen molar-refractivity contribution >= 4 is 46.3 Å². The number of carbonyl (C=O) groups is 1. The SMILES string of the molecule is Nc1ncnc2c1nc(SCCC(N)C(=O)O)n2C1O[C@H](CCl)[C@@H](O)[C@H]1O. The van der Waals surface area contributed by atoms with E-state index < -0.39 is 36.6 Å². The molecular weight excluding hydrogens is 400 g/mol. The number of ether oxygens (including phenoxy) is 1. The number of nitrogens with two attached hydrogens (primary N) is 2. The number of carboxylic acids is 1. The Kier molecular flexibility index (Phi) is 6.03. The largest absolute Gasteiger partial charge is 0.480 e. The molecule has 0 saturated carbocycles. The number of hydrogen-bond donors (Lipinski definition) is 5. The molecule has 2 unspecified atom stereocenters. The quantitative estimate of drug-likeness (QED) is 0.279. The smallest absolute Gasteiger partial charge is 0.320 e. The first-order valence-corrected chi connectivity index (χ1v) is 9.54. The number of rotatable bonds is 7. The van der Waals surface area contributed by atoms with E-state index in [0.29, 0.717) is 22.1 Å². The van der Waals surface area contributed by atoms with Gasteiger partial charge in [0.1, 0.15) is 30.7 Å². The molecule has 148 valence electrons. The van der Waals surface area contributed by atoms with Crippen LogP contribution in [-0.4, -0.2) is 76.8 Å². The zero-order valence-electron chi connectivity index (χ0n) is 14.0. The van der Waals surface area contributed by atoms with Gasteiger partial charge in [0.2, 0.25) is 0 Å². The predicted octanol–water partition coefficient (Wildman–Crippen LogP) is -0.839. The number of halogens is 1. The normalized spacial score (nSPS) is 26.5. The van der Waals surface area contributed by atoms with Crippen LogP contribution in [0.3, 0.4) is 0 Å². The molecule has 5 atom stereocenters. The molecular formula is C14H19ClN6O5S. The van der Waals surface area contributed by atoms with E-state index >= 15 is 0 Å². The van der Waals surface area contributed by atoms with E-state index in [4.69, 9.17) is 32.9 Å². The van der Waals surface area contributed by atoms with Crippen LogP contribution in [-0.2, 0) is 9.53 Å². The molecule has 2 aromatic heterocycles. The molecule has 1 aliphatic rings. The van der Waals surface area contributed by atoms with Crippen molar-refractivity contribution in [1.82, 2.24) is 19.5 Å². The zero-order valence-corrected chi connectivity index (χ0v) is 15.5. The van der Waals surface area contributed by atoms with E-state index in [1.54, 1.807) is 0 Å². The Bertz CT molecular complexity index is 838. The van der Waals surface area contributed by atoms with Crippen LogP contribution in [0.25, 0.3) is 11.2 Å². The van der Waals surface area contributed by atoms with Crippen molar-refractivity contribution in [3.05, 3.63) is 6.33 Å². The number of nitrogens with zero attached hydrogens (tertiary/aromatic N) is 4. The lowest BCUT2D eigenvalue weighted by molar-refractivity contribution is -0.138. The van der Waals surface area contributed by atoms with Gasteiger partial charge >= 0.3 is 5.97 Å². The van der Waals surface area contributed by atoms with Gasteiger partial charge in [-0.05, 0) is 6.42 Å². The second kappa shape index (κ2) is 8.12. The summed E-state index contributed by atoms with van der Waals surface area (Å²) in [4.78, 5) is 23.3. The standard InChI is InChI=1S/C14H19ClN6O5S/c15-3-6-8(22)9(23)12(26-6)21-11-7(10(17)18-4-19-11)20-14(21)27-2-1-5(16)13(24)25/h4-6,8-9,12,22-23H,1-3,16H2,(H,24,25)(H2,17,18,19)/t5?,6-,8-,9-,12?/m1/s1. The number of aliphatic hydroxyl groups excluding tert-OH is 2. The van der Waals surface area contributed by atoms with Crippen LogP contribution < -0.4 is 11.5 Å². The van der Waals surface area contributed by atoms with E-state index in [-0.39, 0.29) is 18.1 Å². The van der Waals surface area contributed by atoms with E-state index in [1.807, 2.05) is 0 Å². The third kappa shape index (κ3) is 3.81. The lowest BCUT2D eigenvalue weighted by atomic mass is 10.1. The minimum absolute atomic E-state index is 0.00554. The first kappa shape index (κ1) is 20.0. The molecule has 0 amide bonds. The maximum atomic E-state index is 10.9. The number of aliphatic hydroxyl groups is 2. The second-order valence-corrected chi connectivity index (χ2v) is 7.35. The van der Waals surface area contributed by atoms with E-state index in [2.05, 4.69) is 15.0 Å². The summed E-state index contributed by atoms with van der Waals surface area (Å²) in [6.45, 7) is 0. The van der Waals surface area contributed by atoms with Crippen molar-refractivity contribution in [2.24, 2.45) is 5.73 Å². The van der Waals surface area contributed by atoms with Gasteiger partial charge in [-0.1, -0.05) is 11.8 Å². The molecule has 0 radical (unpaired) electrons. The summed E-state index contributed by atoms with van der Waals surface area (Å²) in [7, 11) is 0. The fourth-order valence-corrected chi connectivity index (χ4v) is 4.00. The molecule has 0 aliphatic carbocycles. The molecule has 7 N–H and O–H groups in total. The van der Waals surface area contributed by atoms with Crippen molar-refractivity contribution in [2.45, 2.75) is 42.2 Å². The third-order valence-corrected chi connectivity index (χ3v) is 5.48. The number of aliphatic carboxylic acids is 1. The molecule has 1 aliphatic heterocycles. The Balaban J connectivity index is 1.95. The van der Waals surface area contributed by atoms with Gasteiger partial charge in [0.25, 0.3) is 0 Å². The summed E-state index contributed by atoms with van der Waals surface area (Å²) in [6, 6.07) is -1.00. The summed E-state index contributed by atoms with van der Waals surface area (Å²) >= 11 is 6.99. The number of thioether (sulfide) groups is 1. The predicted molar refractivity (Wildman–Crippen MR) is 97.3 cm³/mol. The summed E-state index contributed by atoms with van der Waals surface area (Å²) in [6.07, 6.45) is -2.74. The van der Waals surface area contributed by atoms with Crippen LogP contribution in [0.5, 0.6) is 0 Å². The Morgan fingerprint density at radius 1 is 1.41 bits per heavy atom. The molecule has 0 aromatic carbocycles. The highest BCUT2D eigenvalue weighted by Crippen LogP contribution is 2.36. The molecule has 3 rings (SSSR count). The number of hydrogen-bond acceptors (Lipinski definition) is 10. The zero-order chi connectivity index (χ0) is 19.7. The van der Waals surface area contributed by atoms with Gasteiger partial charge in [-0.25, -0.2) is 15.0 Å². The Labute approximate surface area is 162 Å². The minimum atomic E-state index is -1.26. The van der Waals surface area contributed by atoms with Gasteiger partial charge in [0.15, 0.2) is 28.4 Å². The number of aromatic nitrogens is 4. The number of carboxylic acid groups (broad SMARTS) is 1. The Morgan fingerprint density at radius 2 is 2.15 bits per heavy atom. The number of anilines is 1. The van der Waals surface area contributed by atoms with Crippen molar-refractivity contribution in [3.63, 3.8) is 0 Å². The van der Waals surface area contributed by atoms with Crippen LogP contribution >= 0.6 is 23.4 Å².